The fourth-order valence-corrected chi connectivity index (χ4v) is 6.37. The van der Waals surface area contributed by atoms with Gasteiger partial charge in [-0.3, -0.25) is 0 Å². The van der Waals surface area contributed by atoms with E-state index in [0.29, 0.717) is 0 Å². The SMILES string of the molecule is Brc1ccc(-c2cc(-c3ccc(-c4ccccc4)cc3)cc(-c3cccc(-n4c5ccccc5c5ccccc54)c3)n2)cc1. The molecule has 0 aliphatic carbocycles. The molecule has 208 valence electrons. The summed E-state index contributed by atoms with van der Waals surface area (Å²) in [6, 6.07) is 58.1. The highest BCUT2D eigenvalue weighted by atomic mass is 79.9. The molecule has 44 heavy (non-hydrogen) atoms. The molecular formula is C41H27BrN2. The van der Waals surface area contributed by atoms with E-state index in [9.17, 15) is 0 Å². The number of benzene rings is 6. The van der Waals surface area contributed by atoms with E-state index in [0.717, 1.165) is 43.8 Å². The van der Waals surface area contributed by atoms with Crippen LogP contribution in [0.3, 0.4) is 0 Å². The van der Waals surface area contributed by atoms with E-state index >= 15 is 0 Å². The topological polar surface area (TPSA) is 17.8 Å². The van der Waals surface area contributed by atoms with E-state index in [1.807, 2.05) is 0 Å². The van der Waals surface area contributed by atoms with Gasteiger partial charge in [-0.2, -0.15) is 0 Å². The van der Waals surface area contributed by atoms with Gasteiger partial charge in [-0.1, -0.05) is 131 Å². The van der Waals surface area contributed by atoms with E-state index in [-0.39, 0.29) is 0 Å². The zero-order valence-electron chi connectivity index (χ0n) is 23.9. The van der Waals surface area contributed by atoms with Crippen molar-refractivity contribution in [3.8, 4) is 50.5 Å². The van der Waals surface area contributed by atoms with E-state index < -0.39 is 0 Å². The Bertz CT molecular complexity index is 2210. The van der Waals surface area contributed by atoms with Crippen LogP contribution in [0.2, 0.25) is 0 Å². The first-order chi connectivity index (χ1) is 21.7. The van der Waals surface area contributed by atoms with Crippen LogP contribution in [0.5, 0.6) is 0 Å². The molecule has 0 amide bonds. The molecule has 2 aromatic heterocycles. The fourth-order valence-electron chi connectivity index (χ4n) is 6.10. The zero-order valence-corrected chi connectivity index (χ0v) is 25.4. The van der Waals surface area contributed by atoms with Gasteiger partial charge in [0.25, 0.3) is 0 Å². The number of fused-ring (bicyclic) bond motifs is 3. The third-order valence-corrected chi connectivity index (χ3v) is 8.80. The number of hydrogen-bond acceptors (Lipinski definition) is 1. The molecule has 0 radical (unpaired) electrons. The molecule has 3 heteroatoms. The summed E-state index contributed by atoms with van der Waals surface area (Å²) in [5.41, 5.74) is 12.3. The fraction of sp³-hybridized carbons (Fsp3) is 0. The number of para-hydroxylation sites is 2. The lowest BCUT2D eigenvalue weighted by atomic mass is 9.97. The molecule has 0 unspecified atom stereocenters. The molecule has 2 heterocycles. The molecule has 8 rings (SSSR count). The monoisotopic (exact) mass is 626 g/mol. The van der Waals surface area contributed by atoms with E-state index in [4.69, 9.17) is 4.98 Å². The van der Waals surface area contributed by atoms with Crippen molar-refractivity contribution in [2.24, 2.45) is 0 Å². The first kappa shape index (κ1) is 26.4. The Balaban J connectivity index is 1.28. The molecular weight excluding hydrogens is 600 g/mol. The molecule has 6 aromatic carbocycles. The van der Waals surface area contributed by atoms with Crippen LogP contribution in [-0.2, 0) is 0 Å². The number of pyridine rings is 1. The van der Waals surface area contributed by atoms with Crippen molar-refractivity contribution in [2.45, 2.75) is 0 Å². The molecule has 0 fully saturated rings. The van der Waals surface area contributed by atoms with Gasteiger partial charge < -0.3 is 4.57 Å². The Morgan fingerprint density at radius 3 is 1.55 bits per heavy atom. The third kappa shape index (κ3) is 4.82. The van der Waals surface area contributed by atoms with Crippen LogP contribution in [0.15, 0.2) is 168 Å². The maximum Gasteiger partial charge on any atom is 0.0716 e. The highest BCUT2D eigenvalue weighted by Crippen LogP contribution is 2.35. The number of nitrogens with zero attached hydrogens (tertiary/aromatic N) is 2. The summed E-state index contributed by atoms with van der Waals surface area (Å²) in [6.07, 6.45) is 0. The average Bonchev–Trinajstić information content (AvgIpc) is 3.43. The van der Waals surface area contributed by atoms with Crippen LogP contribution in [0.1, 0.15) is 0 Å². The summed E-state index contributed by atoms with van der Waals surface area (Å²) in [5.74, 6) is 0. The van der Waals surface area contributed by atoms with Crippen LogP contribution >= 0.6 is 15.9 Å². The zero-order chi connectivity index (χ0) is 29.5. The summed E-state index contributed by atoms with van der Waals surface area (Å²) >= 11 is 3.58. The largest absolute Gasteiger partial charge is 0.309 e. The van der Waals surface area contributed by atoms with Gasteiger partial charge in [0.1, 0.15) is 0 Å². The van der Waals surface area contributed by atoms with Crippen molar-refractivity contribution in [3.05, 3.63) is 168 Å². The predicted molar refractivity (Wildman–Crippen MR) is 188 cm³/mol. The summed E-state index contributed by atoms with van der Waals surface area (Å²) in [5, 5.41) is 2.51. The van der Waals surface area contributed by atoms with Gasteiger partial charge in [0.05, 0.1) is 22.4 Å². The van der Waals surface area contributed by atoms with Crippen molar-refractivity contribution in [3.63, 3.8) is 0 Å². The average molecular weight is 628 g/mol. The van der Waals surface area contributed by atoms with Crippen molar-refractivity contribution in [1.82, 2.24) is 9.55 Å². The summed E-state index contributed by atoms with van der Waals surface area (Å²) in [4.78, 5) is 5.22. The molecule has 0 aliphatic heterocycles. The van der Waals surface area contributed by atoms with E-state index in [1.54, 1.807) is 0 Å². The van der Waals surface area contributed by atoms with Crippen LogP contribution in [0.4, 0.5) is 0 Å². The minimum Gasteiger partial charge on any atom is -0.309 e. The Hall–Kier alpha value is -5.25. The van der Waals surface area contributed by atoms with E-state index in [1.165, 1.54) is 32.9 Å². The number of rotatable bonds is 5. The van der Waals surface area contributed by atoms with Crippen LogP contribution in [0, 0.1) is 0 Å². The molecule has 0 saturated carbocycles. The lowest BCUT2D eigenvalue weighted by Gasteiger charge is -2.13. The first-order valence-electron chi connectivity index (χ1n) is 14.7. The third-order valence-electron chi connectivity index (χ3n) is 8.27. The Kier molecular flexibility index (Phi) is 6.66. The minimum atomic E-state index is 0.940. The van der Waals surface area contributed by atoms with Gasteiger partial charge in [0, 0.05) is 32.1 Å². The van der Waals surface area contributed by atoms with Crippen molar-refractivity contribution in [2.75, 3.05) is 0 Å². The Morgan fingerprint density at radius 1 is 0.386 bits per heavy atom. The summed E-state index contributed by atoms with van der Waals surface area (Å²) in [7, 11) is 0. The molecule has 8 aromatic rings. The maximum absolute atomic E-state index is 5.22. The van der Waals surface area contributed by atoms with Gasteiger partial charge in [-0.05, 0) is 70.8 Å². The standard InChI is InChI=1S/C41H27BrN2/c42-34-23-21-31(22-24-34)38-26-33(30-19-17-29(18-20-30)28-9-2-1-3-10-28)27-39(43-38)32-11-8-12-35(25-32)44-40-15-6-4-13-36(40)37-14-5-7-16-41(37)44/h1-27H. The van der Waals surface area contributed by atoms with Crippen molar-refractivity contribution in [1.29, 1.82) is 0 Å². The van der Waals surface area contributed by atoms with Crippen LogP contribution < -0.4 is 0 Å². The number of aromatic nitrogens is 2. The van der Waals surface area contributed by atoms with Gasteiger partial charge in [0.15, 0.2) is 0 Å². The lowest BCUT2D eigenvalue weighted by Crippen LogP contribution is -1.96. The smallest absolute Gasteiger partial charge is 0.0716 e. The van der Waals surface area contributed by atoms with Gasteiger partial charge in [-0.25, -0.2) is 4.98 Å². The lowest BCUT2D eigenvalue weighted by molar-refractivity contribution is 1.18. The second kappa shape index (κ2) is 11.1. The highest BCUT2D eigenvalue weighted by Gasteiger charge is 2.14. The quantitative estimate of drug-likeness (QED) is 0.186. The van der Waals surface area contributed by atoms with Gasteiger partial charge in [0.2, 0.25) is 0 Å². The van der Waals surface area contributed by atoms with Crippen LogP contribution in [0.25, 0.3) is 72.3 Å². The summed E-state index contributed by atoms with van der Waals surface area (Å²) in [6.45, 7) is 0. The molecule has 0 N–H and O–H groups in total. The molecule has 0 aliphatic rings. The molecule has 0 saturated heterocycles. The molecule has 0 atom stereocenters. The van der Waals surface area contributed by atoms with Crippen molar-refractivity contribution >= 4 is 37.7 Å². The molecule has 0 spiro atoms. The van der Waals surface area contributed by atoms with Crippen molar-refractivity contribution < 1.29 is 0 Å². The molecule has 0 bridgehead atoms. The second-order valence-electron chi connectivity index (χ2n) is 11.0. The Morgan fingerprint density at radius 2 is 0.886 bits per heavy atom. The Labute approximate surface area is 265 Å². The van der Waals surface area contributed by atoms with Crippen LogP contribution in [-0.4, -0.2) is 9.55 Å². The highest BCUT2D eigenvalue weighted by molar-refractivity contribution is 9.10. The van der Waals surface area contributed by atoms with Gasteiger partial charge >= 0.3 is 0 Å². The normalized spacial score (nSPS) is 11.3. The number of halogens is 1. The minimum absolute atomic E-state index is 0.940. The first-order valence-corrected chi connectivity index (χ1v) is 15.5. The molecule has 2 nitrogen and oxygen atoms in total. The summed E-state index contributed by atoms with van der Waals surface area (Å²) < 4.78 is 3.41. The van der Waals surface area contributed by atoms with Gasteiger partial charge in [-0.15, -0.1) is 0 Å². The predicted octanol–water partition coefficient (Wildman–Crippen LogP) is 11.6. The second-order valence-corrected chi connectivity index (χ2v) is 11.9. The maximum atomic E-state index is 5.22. The number of hydrogen-bond donors (Lipinski definition) is 0. The van der Waals surface area contributed by atoms with E-state index in [2.05, 4.69) is 184 Å².